The number of nitrogens with zero attached hydrogens (tertiary/aromatic N) is 3. The molecule has 2 N–H and O–H groups in total. The topological polar surface area (TPSA) is 63.5 Å². The normalized spacial score (nSPS) is 16.3. The molecule has 0 radical (unpaired) electrons. The number of rotatable bonds is 4. The van der Waals surface area contributed by atoms with Crippen LogP contribution in [0.2, 0.25) is 5.02 Å². The maximum Gasteiger partial charge on any atom is 0.191 e. The standard InChI is InChI=1S/C20H21ClFN5.HI/c1-24-20(25-12-15-6-5-14(11-23)9-19(15)22)26-17-7-8-27(13-17)18-4-2-3-16(21)10-18;/h2-6,9-10,17H,7-8,12-13H2,1H3,(H2,24,25,26);1H. The average molecular weight is 514 g/mol. The van der Waals surface area contributed by atoms with Crippen LogP contribution < -0.4 is 15.5 Å². The number of halogens is 3. The number of guanidine groups is 1. The van der Waals surface area contributed by atoms with Gasteiger partial charge in [0.1, 0.15) is 5.82 Å². The van der Waals surface area contributed by atoms with Gasteiger partial charge in [-0.05, 0) is 36.8 Å². The zero-order valence-corrected chi connectivity index (χ0v) is 18.5. The zero-order valence-electron chi connectivity index (χ0n) is 15.5. The van der Waals surface area contributed by atoms with E-state index >= 15 is 0 Å². The van der Waals surface area contributed by atoms with E-state index in [0.717, 1.165) is 30.2 Å². The molecule has 1 heterocycles. The van der Waals surface area contributed by atoms with E-state index in [0.29, 0.717) is 23.6 Å². The summed E-state index contributed by atoms with van der Waals surface area (Å²) in [7, 11) is 1.69. The molecule has 3 rings (SSSR count). The van der Waals surface area contributed by atoms with Crippen molar-refractivity contribution in [3.63, 3.8) is 0 Å². The van der Waals surface area contributed by atoms with Crippen molar-refractivity contribution in [3.8, 4) is 6.07 Å². The van der Waals surface area contributed by atoms with E-state index < -0.39 is 5.82 Å². The molecule has 5 nitrogen and oxygen atoms in total. The van der Waals surface area contributed by atoms with E-state index in [9.17, 15) is 4.39 Å². The van der Waals surface area contributed by atoms with E-state index in [-0.39, 0.29) is 30.0 Å². The van der Waals surface area contributed by atoms with Crippen LogP contribution in [0.3, 0.4) is 0 Å². The third kappa shape index (κ3) is 5.72. The lowest BCUT2D eigenvalue weighted by Gasteiger charge is -2.20. The largest absolute Gasteiger partial charge is 0.369 e. The van der Waals surface area contributed by atoms with Gasteiger partial charge in [0.25, 0.3) is 0 Å². The molecule has 1 atom stereocenters. The summed E-state index contributed by atoms with van der Waals surface area (Å²) in [6, 6.07) is 14.5. The van der Waals surface area contributed by atoms with Gasteiger partial charge in [-0.1, -0.05) is 23.7 Å². The molecule has 0 aliphatic carbocycles. The molecule has 1 saturated heterocycles. The molecule has 1 aliphatic rings. The monoisotopic (exact) mass is 513 g/mol. The summed E-state index contributed by atoms with van der Waals surface area (Å²) in [5.74, 6) is 0.224. The average Bonchev–Trinajstić information content (AvgIpc) is 3.14. The summed E-state index contributed by atoms with van der Waals surface area (Å²) in [6.07, 6.45) is 0.971. The van der Waals surface area contributed by atoms with Crippen molar-refractivity contribution >= 4 is 47.2 Å². The molecule has 28 heavy (non-hydrogen) atoms. The molecule has 0 saturated carbocycles. The van der Waals surface area contributed by atoms with Crippen LogP contribution in [-0.4, -0.2) is 32.1 Å². The summed E-state index contributed by atoms with van der Waals surface area (Å²) in [4.78, 5) is 6.50. The van der Waals surface area contributed by atoms with Gasteiger partial charge >= 0.3 is 0 Å². The van der Waals surface area contributed by atoms with Crippen LogP contribution in [0.4, 0.5) is 10.1 Å². The molecule has 0 aromatic heterocycles. The third-order valence-corrected chi connectivity index (χ3v) is 4.79. The number of nitrogens with one attached hydrogen (secondary N) is 2. The van der Waals surface area contributed by atoms with Crippen LogP contribution in [0.1, 0.15) is 17.5 Å². The highest BCUT2D eigenvalue weighted by Gasteiger charge is 2.23. The summed E-state index contributed by atoms with van der Waals surface area (Å²) in [6.45, 7) is 2.06. The van der Waals surface area contributed by atoms with Crippen molar-refractivity contribution in [2.45, 2.75) is 19.0 Å². The Morgan fingerprint density at radius 1 is 1.36 bits per heavy atom. The molecule has 1 fully saturated rings. The van der Waals surface area contributed by atoms with Gasteiger partial charge in [0, 0.05) is 49.0 Å². The van der Waals surface area contributed by atoms with Crippen molar-refractivity contribution in [1.29, 1.82) is 5.26 Å². The van der Waals surface area contributed by atoms with Crippen molar-refractivity contribution < 1.29 is 4.39 Å². The molecule has 1 unspecified atom stereocenters. The first-order valence-corrected chi connectivity index (χ1v) is 9.13. The Labute approximate surface area is 186 Å². The van der Waals surface area contributed by atoms with Crippen LogP contribution in [0.15, 0.2) is 47.5 Å². The molecule has 0 bridgehead atoms. The fraction of sp³-hybridized carbons (Fsp3) is 0.300. The number of hydrogen-bond donors (Lipinski definition) is 2. The molecule has 0 amide bonds. The first kappa shape index (κ1) is 22.2. The second kappa shape index (κ2) is 10.5. The minimum Gasteiger partial charge on any atom is -0.369 e. The van der Waals surface area contributed by atoms with E-state index in [2.05, 4.69) is 26.6 Å². The van der Waals surface area contributed by atoms with Gasteiger partial charge in [-0.2, -0.15) is 5.26 Å². The zero-order chi connectivity index (χ0) is 19.2. The van der Waals surface area contributed by atoms with Gasteiger partial charge in [0.05, 0.1) is 11.6 Å². The summed E-state index contributed by atoms with van der Waals surface area (Å²) in [5.41, 5.74) is 1.91. The minimum absolute atomic E-state index is 0. The maximum atomic E-state index is 14.0. The SMILES string of the molecule is CN=C(NCc1ccc(C#N)cc1F)NC1CCN(c2cccc(Cl)c2)C1.I. The van der Waals surface area contributed by atoms with Gasteiger partial charge < -0.3 is 15.5 Å². The van der Waals surface area contributed by atoms with Crippen molar-refractivity contribution in [2.75, 3.05) is 25.0 Å². The molecular weight excluding hydrogens is 492 g/mol. The molecule has 2 aromatic carbocycles. The maximum absolute atomic E-state index is 14.0. The van der Waals surface area contributed by atoms with Gasteiger partial charge in [-0.25, -0.2) is 4.39 Å². The van der Waals surface area contributed by atoms with Crippen molar-refractivity contribution in [2.24, 2.45) is 4.99 Å². The first-order chi connectivity index (χ1) is 13.1. The molecule has 2 aromatic rings. The van der Waals surface area contributed by atoms with Crippen LogP contribution in [0.5, 0.6) is 0 Å². The Morgan fingerprint density at radius 2 is 2.18 bits per heavy atom. The lowest BCUT2D eigenvalue weighted by atomic mass is 10.1. The third-order valence-electron chi connectivity index (χ3n) is 4.55. The van der Waals surface area contributed by atoms with Gasteiger partial charge in [0.15, 0.2) is 5.96 Å². The summed E-state index contributed by atoms with van der Waals surface area (Å²) < 4.78 is 14.0. The van der Waals surface area contributed by atoms with Crippen molar-refractivity contribution in [1.82, 2.24) is 10.6 Å². The number of aliphatic imine (C=N–C) groups is 1. The van der Waals surface area contributed by atoms with E-state index in [1.165, 1.54) is 6.07 Å². The van der Waals surface area contributed by atoms with Crippen LogP contribution in [0, 0.1) is 17.1 Å². The quantitative estimate of drug-likeness (QED) is 0.370. The smallest absolute Gasteiger partial charge is 0.191 e. The Hall–Kier alpha value is -2.05. The van der Waals surface area contributed by atoms with Gasteiger partial charge in [-0.15, -0.1) is 24.0 Å². The van der Waals surface area contributed by atoms with E-state index in [1.54, 1.807) is 19.2 Å². The van der Waals surface area contributed by atoms with Crippen LogP contribution in [0.25, 0.3) is 0 Å². The highest BCUT2D eigenvalue weighted by Crippen LogP contribution is 2.23. The number of benzene rings is 2. The Bertz CT molecular complexity index is 883. The summed E-state index contributed by atoms with van der Waals surface area (Å²) >= 11 is 6.08. The molecule has 8 heteroatoms. The predicted octanol–water partition coefficient (Wildman–Crippen LogP) is 3.91. The molecular formula is C20H22ClFIN5. The first-order valence-electron chi connectivity index (χ1n) is 8.75. The summed E-state index contributed by atoms with van der Waals surface area (Å²) in [5, 5.41) is 16.1. The number of anilines is 1. The highest BCUT2D eigenvalue weighted by molar-refractivity contribution is 14.0. The Balaban J connectivity index is 0.00000280. The van der Waals surface area contributed by atoms with Crippen molar-refractivity contribution in [3.05, 3.63) is 64.4 Å². The predicted molar refractivity (Wildman–Crippen MR) is 122 cm³/mol. The second-order valence-electron chi connectivity index (χ2n) is 6.40. The lowest BCUT2D eigenvalue weighted by molar-refractivity contribution is 0.600. The fourth-order valence-electron chi connectivity index (χ4n) is 3.11. The Morgan fingerprint density at radius 3 is 2.86 bits per heavy atom. The molecule has 1 aliphatic heterocycles. The second-order valence-corrected chi connectivity index (χ2v) is 6.84. The molecule has 148 valence electrons. The lowest BCUT2D eigenvalue weighted by Crippen LogP contribution is -2.44. The number of hydrogen-bond acceptors (Lipinski definition) is 3. The molecule has 0 spiro atoms. The van der Waals surface area contributed by atoms with Gasteiger partial charge in [0.2, 0.25) is 0 Å². The minimum atomic E-state index is -0.398. The van der Waals surface area contributed by atoms with Crippen LogP contribution >= 0.6 is 35.6 Å². The van der Waals surface area contributed by atoms with Crippen LogP contribution in [-0.2, 0) is 6.54 Å². The number of nitriles is 1. The van der Waals surface area contributed by atoms with Gasteiger partial charge in [-0.3, -0.25) is 4.99 Å². The fourth-order valence-corrected chi connectivity index (χ4v) is 3.30. The highest BCUT2D eigenvalue weighted by atomic mass is 127. The van der Waals surface area contributed by atoms with E-state index in [1.807, 2.05) is 24.3 Å². The van der Waals surface area contributed by atoms with E-state index in [4.69, 9.17) is 16.9 Å². The Kier molecular flexibility index (Phi) is 8.33.